The van der Waals surface area contributed by atoms with E-state index >= 15 is 0 Å². The van der Waals surface area contributed by atoms with Crippen molar-refractivity contribution in [1.29, 1.82) is 0 Å². The molecule has 0 aromatic carbocycles. The Morgan fingerprint density at radius 3 is 3.00 bits per heavy atom. The van der Waals surface area contributed by atoms with Gasteiger partial charge in [0.25, 0.3) is 5.91 Å². The number of rotatable bonds is 2. The summed E-state index contributed by atoms with van der Waals surface area (Å²) in [5, 5.41) is 0. The topological polar surface area (TPSA) is 68.7 Å². The molecule has 1 amide bonds. The van der Waals surface area contributed by atoms with E-state index in [0.717, 1.165) is 0 Å². The maximum absolute atomic E-state index is 12.2. The van der Waals surface area contributed by atoms with Gasteiger partial charge in [0.1, 0.15) is 6.26 Å². The second-order valence-electron chi connectivity index (χ2n) is 4.93. The lowest BCUT2D eigenvalue weighted by atomic mass is 10.0. The molecule has 17 heavy (non-hydrogen) atoms. The summed E-state index contributed by atoms with van der Waals surface area (Å²) < 4.78 is 10.7. The van der Waals surface area contributed by atoms with Gasteiger partial charge in [-0.05, 0) is 19.9 Å². The lowest BCUT2D eigenvalue weighted by molar-refractivity contribution is -0.122. The molecule has 5 nitrogen and oxygen atoms in total. The Hall–Kier alpha value is -1.33. The molecule has 1 aromatic heterocycles. The van der Waals surface area contributed by atoms with Crippen molar-refractivity contribution in [2.75, 3.05) is 19.6 Å². The summed E-state index contributed by atoms with van der Waals surface area (Å²) in [5.74, 6) is -0.0337. The number of hydrogen-bond acceptors (Lipinski definition) is 4. The average molecular weight is 238 g/mol. The largest absolute Gasteiger partial charge is 0.472 e. The van der Waals surface area contributed by atoms with Gasteiger partial charge in [0.2, 0.25) is 0 Å². The van der Waals surface area contributed by atoms with Gasteiger partial charge in [-0.2, -0.15) is 0 Å². The number of hydrogen-bond donors (Lipinski definition) is 1. The van der Waals surface area contributed by atoms with Gasteiger partial charge >= 0.3 is 0 Å². The molecule has 1 unspecified atom stereocenters. The second-order valence-corrected chi connectivity index (χ2v) is 4.93. The van der Waals surface area contributed by atoms with Crippen molar-refractivity contribution < 1.29 is 13.9 Å². The third-order valence-corrected chi connectivity index (χ3v) is 2.80. The third-order valence-electron chi connectivity index (χ3n) is 2.80. The number of carbonyl (C=O) groups excluding carboxylic acids is 1. The van der Waals surface area contributed by atoms with E-state index in [1.54, 1.807) is 11.0 Å². The molecule has 0 bridgehead atoms. The van der Waals surface area contributed by atoms with Crippen LogP contribution in [0.5, 0.6) is 0 Å². The summed E-state index contributed by atoms with van der Waals surface area (Å²) in [4.78, 5) is 13.9. The fourth-order valence-electron chi connectivity index (χ4n) is 2.14. The number of furan rings is 1. The molecule has 1 aromatic rings. The van der Waals surface area contributed by atoms with Gasteiger partial charge in [0, 0.05) is 19.6 Å². The number of nitrogens with zero attached hydrogens (tertiary/aromatic N) is 1. The first-order valence-electron chi connectivity index (χ1n) is 5.71. The number of amides is 1. The lowest BCUT2D eigenvalue weighted by Crippen LogP contribution is -2.56. The average Bonchev–Trinajstić information content (AvgIpc) is 2.79. The van der Waals surface area contributed by atoms with Gasteiger partial charge in [0.15, 0.2) is 0 Å². The predicted molar refractivity (Wildman–Crippen MR) is 62.6 cm³/mol. The molecule has 1 aliphatic heterocycles. The minimum atomic E-state index is -0.359. The molecular weight excluding hydrogens is 220 g/mol. The zero-order chi connectivity index (χ0) is 12.5. The maximum Gasteiger partial charge on any atom is 0.257 e. The van der Waals surface area contributed by atoms with E-state index in [1.807, 2.05) is 13.8 Å². The van der Waals surface area contributed by atoms with E-state index in [4.69, 9.17) is 14.9 Å². The fraction of sp³-hybridized carbons (Fsp3) is 0.583. The molecule has 0 aliphatic carbocycles. The van der Waals surface area contributed by atoms with E-state index in [1.165, 1.54) is 12.5 Å². The predicted octanol–water partition coefficient (Wildman–Crippen LogP) is 0.858. The number of morpholine rings is 1. The molecule has 0 saturated carbocycles. The summed E-state index contributed by atoms with van der Waals surface area (Å²) in [6.07, 6.45) is 2.86. The van der Waals surface area contributed by atoms with Gasteiger partial charge in [-0.25, -0.2) is 0 Å². The fourth-order valence-corrected chi connectivity index (χ4v) is 2.14. The monoisotopic (exact) mass is 238 g/mol. The van der Waals surface area contributed by atoms with Crippen LogP contribution in [0, 0.1) is 0 Å². The van der Waals surface area contributed by atoms with Crippen LogP contribution >= 0.6 is 0 Å². The Bertz CT molecular complexity index is 386. The van der Waals surface area contributed by atoms with Crippen LogP contribution in [-0.4, -0.2) is 42.1 Å². The SMILES string of the molecule is CC1(C)CN(C(=O)c2ccoc2)CC(CN)O1. The van der Waals surface area contributed by atoms with Crippen molar-refractivity contribution in [3.8, 4) is 0 Å². The summed E-state index contributed by atoms with van der Waals surface area (Å²) in [5.41, 5.74) is 5.83. The molecule has 2 rings (SSSR count). The van der Waals surface area contributed by atoms with Gasteiger partial charge in [-0.3, -0.25) is 4.79 Å². The van der Waals surface area contributed by atoms with E-state index in [-0.39, 0.29) is 17.6 Å². The minimum Gasteiger partial charge on any atom is -0.472 e. The smallest absolute Gasteiger partial charge is 0.257 e. The standard InChI is InChI=1S/C12H18N2O3/c1-12(2)8-14(6-10(5-13)17-12)11(15)9-3-4-16-7-9/h3-4,7,10H,5-6,8,13H2,1-2H3. The van der Waals surface area contributed by atoms with Crippen LogP contribution in [0.4, 0.5) is 0 Å². The van der Waals surface area contributed by atoms with Crippen LogP contribution < -0.4 is 5.73 Å². The summed E-state index contributed by atoms with van der Waals surface area (Å²) in [6.45, 7) is 5.44. The Balaban J connectivity index is 2.12. The van der Waals surface area contributed by atoms with Crippen LogP contribution in [0.25, 0.3) is 0 Å². The first-order valence-corrected chi connectivity index (χ1v) is 5.71. The normalized spacial score (nSPS) is 23.7. The van der Waals surface area contributed by atoms with Gasteiger partial charge in [0.05, 0.1) is 23.5 Å². The van der Waals surface area contributed by atoms with Crippen LogP contribution in [0.2, 0.25) is 0 Å². The first-order chi connectivity index (χ1) is 8.02. The van der Waals surface area contributed by atoms with Crippen molar-refractivity contribution >= 4 is 5.91 Å². The minimum absolute atomic E-state index is 0.0337. The van der Waals surface area contributed by atoms with Crippen molar-refractivity contribution in [1.82, 2.24) is 4.90 Å². The lowest BCUT2D eigenvalue weighted by Gasteiger charge is -2.42. The van der Waals surface area contributed by atoms with E-state index < -0.39 is 0 Å². The van der Waals surface area contributed by atoms with Gasteiger partial charge in [-0.15, -0.1) is 0 Å². The molecule has 5 heteroatoms. The highest BCUT2D eigenvalue weighted by molar-refractivity contribution is 5.93. The highest BCUT2D eigenvalue weighted by atomic mass is 16.5. The number of nitrogens with two attached hydrogens (primary N) is 1. The first kappa shape index (κ1) is 12.1. The van der Waals surface area contributed by atoms with Crippen LogP contribution in [0.3, 0.4) is 0 Å². The summed E-state index contributed by atoms with van der Waals surface area (Å²) in [7, 11) is 0. The second kappa shape index (κ2) is 4.50. The van der Waals surface area contributed by atoms with Crippen LogP contribution in [0.1, 0.15) is 24.2 Å². The summed E-state index contributed by atoms with van der Waals surface area (Å²) in [6, 6.07) is 1.67. The Kier molecular flexibility index (Phi) is 3.22. The molecule has 2 heterocycles. The Morgan fingerprint density at radius 1 is 1.65 bits per heavy atom. The van der Waals surface area contributed by atoms with E-state index in [9.17, 15) is 4.79 Å². The molecule has 0 radical (unpaired) electrons. The van der Waals surface area contributed by atoms with Crippen molar-refractivity contribution in [3.63, 3.8) is 0 Å². The van der Waals surface area contributed by atoms with Crippen molar-refractivity contribution in [3.05, 3.63) is 24.2 Å². The molecule has 1 saturated heterocycles. The molecule has 94 valence electrons. The molecule has 1 aliphatic rings. The maximum atomic E-state index is 12.2. The molecule has 1 fully saturated rings. The van der Waals surface area contributed by atoms with E-state index in [0.29, 0.717) is 25.2 Å². The summed E-state index contributed by atoms with van der Waals surface area (Å²) >= 11 is 0. The zero-order valence-electron chi connectivity index (χ0n) is 10.2. The third kappa shape index (κ3) is 2.68. The van der Waals surface area contributed by atoms with Crippen molar-refractivity contribution in [2.45, 2.75) is 25.6 Å². The van der Waals surface area contributed by atoms with E-state index in [2.05, 4.69) is 0 Å². The molecule has 2 N–H and O–H groups in total. The quantitative estimate of drug-likeness (QED) is 0.829. The Labute approximate surface area is 101 Å². The number of ether oxygens (including phenoxy) is 1. The number of carbonyl (C=O) groups is 1. The van der Waals surface area contributed by atoms with Crippen molar-refractivity contribution in [2.24, 2.45) is 5.73 Å². The van der Waals surface area contributed by atoms with Crippen LogP contribution in [-0.2, 0) is 4.74 Å². The van der Waals surface area contributed by atoms with Gasteiger partial charge in [-0.1, -0.05) is 0 Å². The highest BCUT2D eigenvalue weighted by Gasteiger charge is 2.35. The molecular formula is C12H18N2O3. The highest BCUT2D eigenvalue weighted by Crippen LogP contribution is 2.22. The zero-order valence-corrected chi connectivity index (χ0v) is 10.2. The van der Waals surface area contributed by atoms with Gasteiger partial charge < -0.3 is 19.8 Å². The van der Waals surface area contributed by atoms with Crippen LogP contribution in [0.15, 0.2) is 23.0 Å². The Morgan fingerprint density at radius 2 is 2.41 bits per heavy atom. The molecule has 1 atom stereocenters. The molecule has 0 spiro atoms.